The van der Waals surface area contributed by atoms with E-state index in [1.54, 1.807) is 12.1 Å². The molecule has 0 amide bonds. The highest BCUT2D eigenvalue weighted by molar-refractivity contribution is 6.05. The van der Waals surface area contributed by atoms with E-state index >= 15 is 0 Å². The fourth-order valence-corrected chi connectivity index (χ4v) is 3.34. The van der Waals surface area contributed by atoms with E-state index in [-0.39, 0.29) is 18.7 Å². The SMILES string of the molecule is COc1cc2c3[nH][nH]c(NCc4c(F)cccc4F)c-3cc2cc1OCC(O)CO. The molecule has 1 heterocycles. The van der Waals surface area contributed by atoms with E-state index in [0.717, 1.165) is 22.0 Å². The van der Waals surface area contributed by atoms with Crippen molar-refractivity contribution in [1.82, 2.24) is 10.2 Å². The van der Waals surface area contributed by atoms with Crippen LogP contribution in [0.5, 0.6) is 11.5 Å². The van der Waals surface area contributed by atoms with Crippen molar-refractivity contribution < 1.29 is 28.5 Å². The molecule has 1 unspecified atom stereocenters. The first-order chi connectivity index (χ1) is 14.5. The van der Waals surface area contributed by atoms with E-state index in [2.05, 4.69) is 15.5 Å². The number of halogens is 2. The molecule has 5 N–H and O–H groups in total. The van der Waals surface area contributed by atoms with Gasteiger partial charge in [0.1, 0.15) is 30.2 Å². The molecule has 0 aromatic heterocycles. The number of aromatic amines is 2. The van der Waals surface area contributed by atoms with Crippen LogP contribution in [0, 0.1) is 11.6 Å². The molecule has 9 heteroatoms. The number of methoxy groups -OCH3 is 1. The zero-order valence-corrected chi connectivity index (χ0v) is 16.1. The zero-order valence-electron chi connectivity index (χ0n) is 16.1. The quantitative estimate of drug-likeness (QED) is 0.303. The first kappa shape index (κ1) is 20.0. The second kappa shape index (κ2) is 8.21. The number of fused-ring (bicyclic) bond motifs is 3. The molecule has 1 atom stereocenters. The third-order valence-corrected chi connectivity index (χ3v) is 4.90. The van der Waals surface area contributed by atoms with Gasteiger partial charge in [-0.25, -0.2) is 8.78 Å². The molecular weight excluding hydrogens is 396 g/mol. The van der Waals surface area contributed by atoms with E-state index in [1.165, 1.54) is 25.3 Å². The predicted molar refractivity (Wildman–Crippen MR) is 108 cm³/mol. The lowest BCUT2D eigenvalue weighted by atomic mass is 10.2. The summed E-state index contributed by atoms with van der Waals surface area (Å²) in [5.74, 6) is 0.257. The number of aromatic nitrogens is 2. The van der Waals surface area contributed by atoms with Crippen LogP contribution in [0.25, 0.3) is 22.0 Å². The van der Waals surface area contributed by atoms with E-state index in [1.807, 2.05) is 6.07 Å². The summed E-state index contributed by atoms with van der Waals surface area (Å²) < 4.78 is 38.7. The van der Waals surface area contributed by atoms with Crippen molar-refractivity contribution in [3.63, 3.8) is 0 Å². The van der Waals surface area contributed by atoms with Crippen molar-refractivity contribution in [2.24, 2.45) is 0 Å². The van der Waals surface area contributed by atoms with E-state index in [9.17, 15) is 13.9 Å². The smallest absolute Gasteiger partial charge is 0.161 e. The Kier molecular flexibility index (Phi) is 5.47. The lowest BCUT2D eigenvalue weighted by molar-refractivity contribution is 0.0528. The lowest BCUT2D eigenvalue weighted by Crippen LogP contribution is -2.21. The van der Waals surface area contributed by atoms with Crippen molar-refractivity contribution in [3.8, 4) is 22.8 Å². The molecule has 2 aliphatic rings. The Morgan fingerprint density at radius 1 is 1.10 bits per heavy atom. The Morgan fingerprint density at radius 2 is 1.87 bits per heavy atom. The summed E-state index contributed by atoms with van der Waals surface area (Å²) in [6.07, 6.45) is -0.996. The highest BCUT2D eigenvalue weighted by atomic mass is 19.1. The molecule has 1 aliphatic carbocycles. The fourth-order valence-electron chi connectivity index (χ4n) is 3.34. The van der Waals surface area contributed by atoms with Gasteiger partial charge in [-0.05, 0) is 35.7 Å². The van der Waals surface area contributed by atoms with Crippen LogP contribution in [0.1, 0.15) is 5.56 Å². The van der Waals surface area contributed by atoms with Gasteiger partial charge in [0.2, 0.25) is 0 Å². The Balaban J connectivity index is 1.63. The summed E-state index contributed by atoms with van der Waals surface area (Å²) in [7, 11) is 1.51. The maximum Gasteiger partial charge on any atom is 0.161 e. The molecule has 0 bridgehead atoms. The van der Waals surface area contributed by atoms with Crippen molar-refractivity contribution in [3.05, 3.63) is 53.6 Å². The standard InChI is InChI=1S/C21H21F2N3O4/c1-29-18-7-13-11(6-19(18)30-10-12(28)9-27)5-14-20(13)25-26-21(14)24-8-15-16(22)3-2-4-17(15)23/h2-7,12,24-28H,8-10H2,1H3. The molecule has 0 fully saturated rings. The molecule has 1 aliphatic heterocycles. The monoisotopic (exact) mass is 417 g/mol. The first-order valence-electron chi connectivity index (χ1n) is 9.31. The maximum absolute atomic E-state index is 13.9. The predicted octanol–water partition coefficient (Wildman–Crippen LogP) is 3.23. The third kappa shape index (κ3) is 3.64. The Morgan fingerprint density at radius 3 is 2.57 bits per heavy atom. The minimum Gasteiger partial charge on any atom is -0.493 e. The van der Waals surface area contributed by atoms with Gasteiger partial charge in [0.05, 0.1) is 19.4 Å². The molecule has 2 aromatic rings. The van der Waals surface area contributed by atoms with Crippen molar-refractivity contribution in [2.45, 2.75) is 12.6 Å². The molecule has 158 valence electrons. The normalized spacial score (nSPS) is 12.4. The van der Waals surface area contributed by atoms with Crippen LogP contribution in [0.4, 0.5) is 14.6 Å². The molecule has 30 heavy (non-hydrogen) atoms. The fraction of sp³-hybridized carbons (Fsp3) is 0.238. The van der Waals surface area contributed by atoms with Crippen LogP contribution in [0.3, 0.4) is 0 Å². The number of nitrogens with one attached hydrogen (secondary N) is 3. The highest BCUT2D eigenvalue weighted by Gasteiger charge is 2.20. The molecule has 7 nitrogen and oxygen atoms in total. The maximum atomic E-state index is 13.9. The number of anilines is 1. The largest absolute Gasteiger partial charge is 0.493 e. The minimum atomic E-state index is -0.996. The first-order valence-corrected chi connectivity index (χ1v) is 9.31. The molecule has 0 saturated carbocycles. The lowest BCUT2D eigenvalue weighted by Gasteiger charge is -2.13. The van der Waals surface area contributed by atoms with Crippen LogP contribution in [-0.4, -0.2) is 46.8 Å². The molecule has 2 aromatic carbocycles. The Hall–Kier alpha value is -3.30. The second-order valence-electron chi connectivity index (χ2n) is 6.85. The molecule has 0 spiro atoms. The number of benzene rings is 2. The highest BCUT2D eigenvalue weighted by Crippen LogP contribution is 2.42. The number of aliphatic hydroxyl groups excluding tert-OH is 2. The minimum absolute atomic E-state index is 0.0276. The van der Waals surface area contributed by atoms with Crippen LogP contribution < -0.4 is 14.8 Å². The van der Waals surface area contributed by atoms with E-state index in [4.69, 9.17) is 14.6 Å². The molecule has 4 rings (SSSR count). The van der Waals surface area contributed by atoms with E-state index < -0.39 is 24.3 Å². The average Bonchev–Trinajstić information content (AvgIpc) is 3.29. The summed E-state index contributed by atoms with van der Waals surface area (Å²) in [5, 5.41) is 29.2. The molecular formula is C21H21F2N3O4. The van der Waals surface area contributed by atoms with Crippen molar-refractivity contribution >= 4 is 16.6 Å². The van der Waals surface area contributed by atoms with Crippen molar-refractivity contribution in [1.29, 1.82) is 0 Å². The van der Waals surface area contributed by atoms with Gasteiger partial charge in [-0.1, -0.05) is 6.07 Å². The topological polar surface area (TPSA) is 103 Å². The summed E-state index contributed by atoms with van der Waals surface area (Å²) in [5.41, 5.74) is 1.55. The second-order valence-corrected chi connectivity index (χ2v) is 6.85. The molecule has 0 radical (unpaired) electrons. The van der Waals surface area contributed by atoms with Gasteiger partial charge in [0.15, 0.2) is 11.5 Å². The number of H-pyrrole nitrogens is 2. The van der Waals surface area contributed by atoms with Crippen LogP contribution >= 0.6 is 0 Å². The van der Waals surface area contributed by atoms with Gasteiger partial charge in [-0.15, -0.1) is 0 Å². The van der Waals surface area contributed by atoms with Gasteiger partial charge in [-0.2, -0.15) is 0 Å². The summed E-state index contributed by atoms with van der Waals surface area (Å²) >= 11 is 0. The number of hydrogen-bond acceptors (Lipinski definition) is 5. The number of hydrogen-bond donors (Lipinski definition) is 5. The van der Waals surface area contributed by atoms with E-state index in [0.29, 0.717) is 17.3 Å². The molecule has 0 saturated heterocycles. The zero-order chi connectivity index (χ0) is 21.3. The van der Waals surface area contributed by atoms with Gasteiger partial charge >= 0.3 is 0 Å². The van der Waals surface area contributed by atoms with Crippen LogP contribution in [0.2, 0.25) is 0 Å². The van der Waals surface area contributed by atoms with Gasteiger partial charge < -0.3 is 25.0 Å². The summed E-state index contributed by atoms with van der Waals surface area (Å²) in [4.78, 5) is 0. The van der Waals surface area contributed by atoms with Crippen LogP contribution in [0.15, 0.2) is 36.4 Å². The van der Waals surface area contributed by atoms with Gasteiger partial charge in [0, 0.05) is 23.1 Å². The third-order valence-electron chi connectivity index (χ3n) is 4.90. The number of rotatable bonds is 8. The van der Waals surface area contributed by atoms with Crippen molar-refractivity contribution in [2.75, 3.05) is 25.6 Å². The summed E-state index contributed by atoms with van der Waals surface area (Å²) in [6.45, 7) is -0.511. The Bertz CT molecular complexity index is 1120. The van der Waals surface area contributed by atoms with Gasteiger partial charge in [0.25, 0.3) is 0 Å². The summed E-state index contributed by atoms with van der Waals surface area (Å²) in [6, 6.07) is 9.22. The number of aliphatic hydroxyl groups is 2. The van der Waals surface area contributed by atoms with Crippen LogP contribution in [-0.2, 0) is 6.54 Å². The number of ether oxygens (including phenoxy) is 2. The van der Waals surface area contributed by atoms with Gasteiger partial charge in [-0.3, -0.25) is 10.2 Å². The Labute approximate surface area is 170 Å². The average molecular weight is 417 g/mol.